The number of aliphatic hydroxyl groups is 1. The molecule has 0 aliphatic carbocycles. The molecule has 0 spiro atoms. The SMILES string of the molecule is CCP(=O)(CC)OCC(C)O. The van der Waals surface area contributed by atoms with Crippen LogP contribution < -0.4 is 0 Å². The molecule has 0 amide bonds. The molecule has 3 nitrogen and oxygen atoms in total. The summed E-state index contributed by atoms with van der Waals surface area (Å²) in [5.41, 5.74) is 0. The van der Waals surface area contributed by atoms with Gasteiger partial charge in [-0.2, -0.15) is 0 Å². The van der Waals surface area contributed by atoms with E-state index in [-0.39, 0.29) is 6.61 Å². The number of hydrogen-bond acceptors (Lipinski definition) is 3. The van der Waals surface area contributed by atoms with Gasteiger partial charge in [0.05, 0.1) is 12.7 Å². The van der Waals surface area contributed by atoms with Crippen LogP contribution in [0, 0.1) is 0 Å². The van der Waals surface area contributed by atoms with Gasteiger partial charge in [0, 0.05) is 12.3 Å². The maximum Gasteiger partial charge on any atom is 0.202 e. The first kappa shape index (κ1) is 11.2. The van der Waals surface area contributed by atoms with Gasteiger partial charge < -0.3 is 9.63 Å². The first-order valence-electron chi connectivity index (χ1n) is 3.94. The standard InChI is InChI=1S/C7H17O3P/c1-4-11(9,5-2)10-6-7(3)8/h7-8H,4-6H2,1-3H3. The Kier molecular flexibility index (Phi) is 4.98. The Morgan fingerprint density at radius 1 is 1.45 bits per heavy atom. The van der Waals surface area contributed by atoms with Crippen LogP contribution in [0.5, 0.6) is 0 Å². The summed E-state index contributed by atoms with van der Waals surface area (Å²) >= 11 is 0. The molecule has 0 radical (unpaired) electrons. The van der Waals surface area contributed by atoms with E-state index in [1.165, 1.54) is 0 Å². The summed E-state index contributed by atoms with van der Waals surface area (Å²) in [5, 5.41) is 8.86. The molecule has 0 fully saturated rings. The molecule has 0 saturated carbocycles. The summed E-state index contributed by atoms with van der Waals surface area (Å²) in [5.74, 6) is 0. The van der Waals surface area contributed by atoms with E-state index < -0.39 is 13.5 Å². The molecule has 0 aliphatic rings. The van der Waals surface area contributed by atoms with Gasteiger partial charge in [0.2, 0.25) is 7.37 Å². The fraction of sp³-hybridized carbons (Fsp3) is 1.00. The van der Waals surface area contributed by atoms with Crippen molar-refractivity contribution in [3.63, 3.8) is 0 Å². The number of hydrogen-bond donors (Lipinski definition) is 1. The predicted molar refractivity (Wildman–Crippen MR) is 46.3 cm³/mol. The van der Waals surface area contributed by atoms with Gasteiger partial charge in [-0.3, -0.25) is 4.57 Å². The zero-order valence-electron chi connectivity index (χ0n) is 7.41. The number of rotatable bonds is 5. The van der Waals surface area contributed by atoms with Crippen molar-refractivity contribution in [1.29, 1.82) is 0 Å². The smallest absolute Gasteiger partial charge is 0.202 e. The Labute approximate surface area is 68.2 Å². The van der Waals surface area contributed by atoms with E-state index in [9.17, 15) is 4.57 Å². The van der Waals surface area contributed by atoms with Crippen LogP contribution >= 0.6 is 7.37 Å². The minimum absolute atomic E-state index is 0.180. The second-order valence-electron chi connectivity index (χ2n) is 2.59. The van der Waals surface area contributed by atoms with Crippen LogP contribution in [0.25, 0.3) is 0 Å². The minimum Gasteiger partial charge on any atom is -0.391 e. The van der Waals surface area contributed by atoms with Gasteiger partial charge in [-0.25, -0.2) is 0 Å². The van der Waals surface area contributed by atoms with Crippen molar-refractivity contribution < 1.29 is 14.2 Å². The van der Waals surface area contributed by atoms with Crippen molar-refractivity contribution in [3.8, 4) is 0 Å². The highest BCUT2D eigenvalue weighted by Crippen LogP contribution is 2.45. The Morgan fingerprint density at radius 3 is 2.18 bits per heavy atom. The normalized spacial score (nSPS) is 14.9. The fourth-order valence-corrected chi connectivity index (χ4v) is 1.95. The van der Waals surface area contributed by atoms with E-state index in [1.54, 1.807) is 6.92 Å². The van der Waals surface area contributed by atoms with E-state index in [2.05, 4.69) is 0 Å². The lowest BCUT2D eigenvalue weighted by molar-refractivity contribution is 0.124. The largest absolute Gasteiger partial charge is 0.391 e. The van der Waals surface area contributed by atoms with Crippen LogP contribution in [0.4, 0.5) is 0 Å². The summed E-state index contributed by atoms with van der Waals surface area (Å²) in [6.45, 7) is 5.48. The molecule has 0 aliphatic heterocycles. The topological polar surface area (TPSA) is 46.5 Å². The molecule has 0 aromatic heterocycles. The van der Waals surface area contributed by atoms with Crippen molar-refractivity contribution >= 4 is 7.37 Å². The highest BCUT2D eigenvalue weighted by Gasteiger charge is 2.17. The molecule has 11 heavy (non-hydrogen) atoms. The highest BCUT2D eigenvalue weighted by molar-refractivity contribution is 7.58. The average molecular weight is 180 g/mol. The monoisotopic (exact) mass is 180 g/mol. The third kappa shape index (κ3) is 4.57. The van der Waals surface area contributed by atoms with Crippen LogP contribution in [0.2, 0.25) is 0 Å². The van der Waals surface area contributed by atoms with Crippen molar-refractivity contribution in [1.82, 2.24) is 0 Å². The molecule has 0 aromatic carbocycles. The minimum atomic E-state index is -2.40. The van der Waals surface area contributed by atoms with Crippen LogP contribution in [0.15, 0.2) is 0 Å². The lowest BCUT2D eigenvalue weighted by Crippen LogP contribution is -2.10. The van der Waals surface area contributed by atoms with Gasteiger partial charge in [-0.15, -0.1) is 0 Å². The second kappa shape index (κ2) is 4.91. The molecule has 1 unspecified atom stereocenters. The first-order chi connectivity index (χ1) is 5.04. The summed E-state index contributed by atoms with van der Waals surface area (Å²) < 4.78 is 16.6. The van der Waals surface area contributed by atoms with E-state index in [4.69, 9.17) is 9.63 Å². The van der Waals surface area contributed by atoms with Crippen molar-refractivity contribution in [2.24, 2.45) is 0 Å². The molecule has 0 heterocycles. The van der Waals surface area contributed by atoms with Crippen molar-refractivity contribution in [3.05, 3.63) is 0 Å². The molecule has 1 atom stereocenters. The predicted octanol–water partition coefficient (Wildman–Crippen LogP) is 1.70. The van der Waals surface area contributed by atoms with Crippen LogP contribution in [-0.2, 0) is 9.09 Å². The summed E-state index contributed by atoms with van der Waals surface area (Å²) in [6.07, 6.45) is 0.577. The molecule has 68 valence electrons. The second-order valence-corrected chi connectivity index (χ2v) is 5.74. The lowest BCUT2D eigenvalue weighted by Gasteiger charge is -2.15. The third-order valence-corrected chi connectivity index (χ3v) is 4.06. The molecule has 1 N–H and O–H groups in total. The molecule has 4 heteroatoms. The molecular weight excluding hydrogens is 163 g/mol. The Balaban J connectivity index is 3.79. The van der Waals surface area contributed by atoms with E-state index in [0.29, 0.717) is 12.3 Å². The zero-order valence-corrected chi connectivity index (χ0v) is 8.30. The summed E-state index contributed by atoms with van der Waals surface area (Å²) in [6, 6.07) is 0. The fourth-order valence-electron chi connectivity index (χ4n) is 0.650. The van der Waals surface area contributed by atoms with Gasteiger partial charge in [-0.1, -0.05) is 13.8 Å². The van der Waals surface area contributed by atoms with Gasteiger partial charge in [0.15, 0.2) is 0 Å². The van der Waals surface area contributed by atoms with E-state index in [0.717, 1.165) is 0 Å². The average Bonchev–Trinajstić information content (AvgIpc) is 2.00. The van der Waals surface area contributed by atoms with Crippen LogP contribution in [-0.4, -0.2) is 30.1 Å². The van der Waals surface area contributed by atoms with E-state index in [1.807, 2.05) is 13.8 Å². The maximum absolute atomic E-state index is 11.5. The quantitative estimate of drug-likeness (QED) is 0.655. The van der Waals surface area contributed by atoms with Gasteiger partial charge in [0.25, 0.3) is 0 Å². The first-order valence-corrected chi connectivity index (χ1v) is 5.94. The van der Waals surface area contributed by atoms with Crippen LogP contribution in [0.3, 0.4) is 0 Å². The Bertz CT molecular complexity index is 137. The van der Waals surface area contributed by atoms with Crippen molar-refractivity contribution in [2.75, 3.05) is 18.9 Å². The number of aliphatic hydroxyl groups excluding tert-OH is 1. The highest BCUT2D eigenvalue weighted by atomic mass is 31.2. The summed E-state index contributed by atoms with van der Waals surface area (Å²) in [4.78, 5) is 0. The molecule has 0 aromatic rings. The third-order valence-electron chi connectivity index (χ3n) is 1.51. The molecule has 0 rings (SSSR count). The zero-order chi connectivity index (χ0) is 8.91. The molecule has 0 saturated heterocycles. The Morgan fingerprint density at radius 2 is 1.91 bits per heavy atom. The van der Waals surface area contributed by atoms with Gasteiger partial charge in [-0.05, 0) is 6.92 Å². The lowest BCUT2D eigenvalue weighted by atomic mass is 10.5. The van der Waals surface area contributed by atoms with Crippen LogP contribution in [0.1, 0.15) is 20.8 Å². The maximum atomic E-state index is 11.5. The summed E-state index contributed by atoms with van der Waals surface area (Å²) in [7, 11) is -2.40. The van der Waals surface area contributed by atoms with Gasteiger partial charge >= 0.3 is 0 Å². The van der Waals surface area contributed by atoms with Crippen molar-refractivity contribution in [2.45, 2.75) is 26.9 Å². The molecular formula is C7H17O3P. The molecule has 0 bridgehead atoms. The van der Waals surface area contributed by atoms with E-state index >= 15 is 0 Å². The Hall–Kier alpha value is 0.150. The van der Waals surface area contributed by atoms with Gasteiger partial charge in [0.1, 0.15) is 0 Å².